The zero-order valence-electron chi connectivity index (χ0n) is 13.8. The van der Waals surface area contributed by atoms with Crippen LogP contribution in [-0.4, -0.2) is 48.0 Å². The summed E-state index contributed by atoms with van der Waals surface area (Å²) in [6, 6.07) is 5.71. The molecule has 2 aromatic rings. The number of anilines is 2. The van der Waals surface area contributed by atoms with Gasteiger partial charge in [-0.3, -0.25) is 4.98 Å². The molecule has 1 aliphatic heterocycles. The number of nitrogens with one attached hydrogen (secondary N) is 1. The summed E-state index contributed by atoms with van der Waals surface area (Å²) in [5.41, 5.74) is 1.93. The molecule has 24 heavy (non-hydrogen) atoms. The molecule has 0 saturated carbocycles. The van der Waals surface area contributed by atoms with E-state index in [9.17, 15) is 8.42 Å². The smallest absolute Gasteiger partial charge is 0.225 e. The monoisotopic (exact) mass is 347 g/mol. The summed E-state index contributed by atoms with van der Waals surface area (Å²) >= 11 is 0. The molecular formula is C16H21N5O2S. The van der Waals surface area contributed by atoms with Crippen molar-refractivity contribution in [3.8, 4) is 0 Å². The number of sulfone groups is 1. The first-order valence-corrected chi connectivity index (χ1v) is 9.67. The average Bonchev–Trinajstić information content (AvgIpc) is 2.93. The molecule has 3 heterocycles. The van der Waals surface area contributed by atoms with Gasteiger partial charge in [-0.05, 0) is 31.0 Å². The molecular weight excluding hydrogens is 326 g/mol. The minimum atomic E-state index is -2.92. The van der Waals surface area contributed by atoms with Gasteiger partial charge in [-0.2, -0.15) is 4.98 Å². The first-order chi connectivity index (χ1) is 11.4. The molecule has 7 nitrogen and oxygen atoms in total. The molecule has 1 atom stereocenters. The molecule has 1 unspecified atom stereocenters. The highest BCUT2D eigenvalue weighted by molar-refractivity contribution is 7.91. The molecule has 0 aromatic carbocycles. The van der Waals surface area contributed by atoms with Crippen LogP contribution < -0.4 is 10.2 Å². The highest BCUT2D eigenvalue weighted by atomic mass is 32.2. The van der Waals surface area contributed by atoms with Crippen LogP contribution in [0.4, 0.5) is 11.8 Å². The molecule has 0 bridgehead atoms. The lowest BCUT2D eigenvalue weighted by Gasteiger charge is -2.25. The van der Waals surface area contributed by atoms with Crippen molar-refractivity contribution in [2.45, 2.75) is 25.9 Å². The van der Waals surface area contributed by atoms with E-state index < -0.39 is 9.84 Å². The van der Waals surface area contributed by atoms with Crippen molar-refractivity contribution < 1.29 is 8.42 Å². The number of hydrogen-bond acceptors (Lipinski definition) is 7. The van der Waals surface area contributed by atoms with E-state index in [-0.39, 0.29) is 17.5 Å². The topological polar surface area (TPSA) is 88.1 Å². The van der Waals surface area contributed by atoms with E-state index in [0.29, 0.717) is 18.9 Å². The van der Waals surface area contributed by atoms with Crippen LogP contribution in [0.2, 0.25) is 0 Å². The lowest BCUT2D eigenvalue weighted by Crippen LogP contribution is -2.33. The van der Waals surface area contributed by atoms with Gasteiger partial charge < -0.3 is 10.2 Å². The van der Waals surface area contributed by atoms with Gasteiger partial charge in [-0.1, -0.05) is 0 Å². The van der Waals surface area contributed by atoms with Crippen molar-refractivity contribution in [2.75, 3.05) is 28.8 Å². The van der Waals surface area contributed by atoms with Gasteiger partial charge in [0.25, 0.3) is 0 Å². The maximum Gasteiger partial charge on any atom is 0.225 e. The molecule has 1 saturated heterocycles. The summed E-state index contributed by atoms with van der Waals surface area (Å²) in [4.78, 5) is 14.9. The maximum atomic E-state index is 11.7. The number of aromatic nitrogens is 3. The molecule has 8 heteroatoms. The van der Waals surface area contributed by atoms with Crippen LogP contribution >= 0.6 is 0 Å². The Morgan fingerprint density at radius 2 is 2.04 bits per heavy atom. The second kappa shape index (κ2) is 6.72. The van der Waals surface area contributed by atoms with Crippen LogP contribution in [0.1, 0.15) is 17.7 Å². The Bertz CT molecular complexity index is 810. The number of hydrogen-bond donors (Lipinski definition) is 1. The van der Waals surface area contributed by atoms with Gasteiger partial charge in [-0.25, -0.2) is 13.4 Å². The minimum Gasteiger partial charge on any atom is -0.355 e. The SMILES string of the molecule is Cc1cc(N(C)C2CCS(=O)(=O)C2)nc(NCc2ccncc2)n1. The quantitative estimate of drug-likeness (QED) is 0.875. The Morgan fingerprint density at radius 1 is 1.29 bits per heavy atom. The molecule has 1 aliphatic rings. The molecule has 3 rings (SSSR count). The van der Waals surface area contributed by atoms with Gasteiger partial charge in [0.05, 0.1) is 11.5 Å². The number of rotatable bonds is 5. The predicted molar refractivity (Wildman–Crippen MR) is 93.8 cm³/mol. The third-order valence-electron chi connectivity index (χ3n) is 4.16. The summed E-state index contributed by atoms with van der Waals surface area (Å²) in [5, 5.41) is 3.21. The molecule has 0 spiro atoms. The largest absolute Gasteiger partial charge is 0.355 e. The third-order valence-corrected chi connectivity index (χ3v) is 5.91. The standard InChI is InChI=1S/C16H21N5O2S/c1-12-9-15(21(2)14-5-8-24(22,23)11-14)20-16(19-12)18-10-13-3-6-17-7-4-13/h3-4,6-7,9,14H,5,8,10-11H2,1-2H3,(H,18,19,20). The zero-order chi connectivity index (χ0) is 17.2. The highest BCUT2D eigenvalue weighted by Crippen LogP contribution is 2.22. The summed E-state index contributed by atoms with van der Waals surface area (Å²) in [5.74, 6) is 1.71. The van der Waals surface area contributed by atoms with Crippen LogP contribution in [0.15, 0.2) is 30.6 Å². The van der Waals surface area contributed by atoms with Gasteiger partial charge >= 0.3 is 0 Å². The second-order valence-electron chi connectivity index (χ2n) is 6.07. The van der Waals surface area contributed by atoms with Crippen LogP contribution in [0.5, 0.6) is 0 Å². The van der Waals surface area contributed by atoms with E-state index >= 15 is 0 Å². The lowest BCUT2D eigenvalue weighted by atomic mass is 10.2. The third kappa shape index (κ3) is 4.00. The van der Waals surface area contributed by atoms with Crippen molar-refractivity contribution in [3.63, 3.8) is 0 Å². The minimum absolute atomic E-state index is 0.0302. The molecule has 0 radical (unpaired) electrons. The fourth-order valence-electron chi connectivity index (χ4n) is 2.76. The van der Waals surface area contributed by atoms with Crippen LogP contribution in [-0.2, 0) is 16.4 Å². The summed E-state index contributed by atoms with van der Waals surface area (Å²) < 4.78 is 23.4. The zero-order valence-corrected chi connectivity index (χ0v) is 14.6. The average molecular weight is 347 g/mol. The van der Waals surface area contributed by atoms with Gasteiger partial charge in [-0.15, -0.1) is 0 Å². The molecule has 1 N–H and O–H groups in total. The highest BCUT2D eigenvalue weighted by Gasteiger charge is 2.31. The van der Waals surface area contributed by atoms with Gasteiger partial charge in [0.1, 0.15) is 5.82 Å². The van der Waals surface area contributed by atoms with Crippen LogP contribution in [0.25, 0.3) is 0 Å². The molecule has 2 aromatic heterocycles. The number of nitrogens with zero attached hydrogens (tertiary/aromatic N) is 4. The normalized spacial score (nSPS) is 19.2. The Kier molecular flexibility index (Phi) is 4.66. The first-order valence-electron chi connectivity index (χ1n) is 7.85. The molecule has 0 amide bonds. The predicted octanol–water partition coefficient (Wildman–Crippen LogP) is 1.42. The number of pyridine rings is 1. The van der Waals surface area contributed by atoms with Gasteiger partial charge in [0, 0.05) is 43.8 Å². The summed E-state index contributed by atoms with van der Waals surface area (Å²) in [6.45, 7) is 2.51. The van der Waals surface area contributed by atoms with Crippen molar-refractivity contribution in [1.82, 2.24) is 15.0 Å². The van der Waals surface area contributed by atoms with Crippen molar-refractivity contribution in [3.05, 3.63) is 41.9 Å². The summed E-state index contributed by atoms with van der Waals surface area (Å²) in [6.07, 6.45) is 4.13. The maximum absolute atomic E-state index is 11.7. The van der Waals surface area contributed by atoms with Crippen molar-refractivity contribution in [1.29, 1.82) is 0 Å². The van der Waals surface area contributed by atoms with E-state index in [1.807, 2.05) is 37.1 Å². The molecule has 128 valence electrons. The fraction of sp³-hybridized carbons (Fsp3) is 0.438. The Morgan fingerprint density at radius 3 is 2.71 bits per heavy atom. The van der Waals surface area contributed by atoms with E-state index in [2.05, 4.69) is 20.3 Å². The Hall–Kier alpha value is -2.22. The molecule has 0 aliphatic carbocycles. The first kappa shape index (κ1) is 16.6. The van der Waals surface area contributed by atoms with Gasteiger partial charge in [0.15, 0.2) is 9.84 Å². The van der Waals surface area contributed by atoms with Crippen molar-refractivity contribution in [2.24, 2.45) is 0 Å². The van der Waals surface area contributed by atoms with Crippen LogP contribution in [0.3, 0.4) is 0 Å². The van der Waals surface area contributed by atoms with E-state index in [0.717, 1.165) is 17.1 Å². The Labute approximate surface area is 142 Å². The van der Waals surface area contributed by atoms with Crippen LogP contribution in [0, 0.1) is 6.92 Å². The number of aryl methyl sites for hydroxylation is 1. The summed E-state index contributed by atoms with van der Waals surface area (Å²) in [7, 11) is -1.03. The lowest BCUT2D eigenvalue weighted by molar-refractivity contribution is 0.600. The Balaban J connectivity index is 1.74. The van der Waals surface area contributed by atoms with Crippen molar-refractivity contribution >= 4 is 21.6 Å². The van der Waals surface area contributed by atoms with E-state index in [1.165, 1.54) is 0 Å². The van der Waals surface area contributed by atoms with E-state index in [4.69, 9.17) is 0 Å². The van der Waals surface area contributed by atoms with E-state index in [1.54, 1.807) is 12.4 Å². The fourth-order valence-corrected chi connectivity index (χ4v) is 4.54. The second-order valence-corrected chi connectivity index (χ2v) is 8.30. The molecule has 1 fully saturated rings. The van der Waals surface area contributed by atoms with Gasteiger partial charge in [0.2, 0.25) is 5.95 Å².